The molecule has 1 aromatic carbocycles. The number of fused-ring (bicyclic) bond motifs is 1. The second kappa shape index (κ2) is 9.85. The van der Waals surface area contributed by atoms with Gasteiger partial charge in [0.2, 0.25) is 5.95 Å². The number of halogens is 4. The number of rotatable bonds is 5. The third-order valence-corrected chi connectivity index (χ3v) is 6.32. The molecule has 1 fully saturated rings. The molecule has 0 bridgehead atoms. The second-order valence-corrected chi connectivity index (χ2v) is 10.7. The zero-order valence-electron chi connectivity index (χ0n) is 20.3. The van der Waals surface area contributed by atoms with Gasteiger partial charge >= 0.3 is 6.18 Å². The maximum Gasteiger partial charge on any atom is 0.416 e. The van der Waals surface area contributed by atoms with Crippen molar-refractivity contribution in [3.05, 3.63) is 40.1 Å². The Hall–Kier alpha value is -2.52. The molecule has 0 spiro atoms. The summed E-state index contributed by atoms with van der Waals surface area (Å²) >= 11 is 6.01. The van der Waals surface area contributed by atoms with Crippen molar-refractivity contribution in [2.45, 2.75) is 83.6 Å². The van der Waals surface area contributed by atoms with Crippen LogP contribution in [0, 0.1) is 0 Å². The zero-order chi connectivity index (χ0) is 25.4. The Labute approximate surface area is 208 Å². The number of anilines is 3. The number of imidazole rings is 1. The number of amidine groups is 1. The standard InChI is InChI=1S/C25H32ClF3N6/c1-15-8-9-21(31-18-6-4-5-7-18)34-22-20(10-15)33-23(35(22)14-24(2,3)30)32-19-12-16(25(27,28)29)11-17(26)13-19/h10-13,18H,4-9,14,30H2,1-3H3,(H,31,34)(H,32,33)/b15-10+. The maximum atomic E-state index is 13.4. The number of allylic oxidation sites excluding steroid dienone is 1. The number of benzene rings is 1. The minimum atomic E-state index is -4.52. The van der Waals surface area contributed by atoms with Crippen molar-refractivity contribution >= 4 is 41.0 Å². The number of nitrogens with zero attached hydrogens (tertiary/aromatic N) is 3. The number of hydrogen-bond donors (Lipinski definition) is 3. The zero-order valence-corrected chi connectivity index (χ0v) is 21.0. The Balaban J connectivity index is 1.78. The van der Waals surface area contributed by atoms with Gasteiger partial charge in [0.25, 0.3) is 0 Å². The van der Waals surface area contributed by atoms with E-state index >= 15 is 0 Å². The number of hydrogen-bond acceptors (Lipinski definition) is 4. The van der Waals surface area contributed by atoms with E-state index in [2.05, 4.69) is 10.6 Å². The summed E-state index contributed by atoms with van der Waals surface area (Å²) in [6, 6.07) is 3.69. The molecule has 0 saturated heterocycles. The second-order valence-electron chi connectivity index (χ2n) is 10.2. The Morgan fingerprint density at radius 2 is 1.91 bits per heavy atom. The molecule has 0 radical (unpaired) electrons. The number of nitrogens with one attached hydrogen (secondary N) is 2. The Kier molecular flexibility index (Phi) is 7.20. The summed E-state index contributed by atoms with van der Waals surface area (Å²) in [6.45, 7) is 6.21. The van der Waals surface area contributed by atoms with Crippen LogP contribution in [0.3, 0.4) is 0 Å². The molecule has 0 unspecified atom stereocenters. The molecule has 2 aromatic rings. The average molecular weight is 509 g/mol. The van der Waals surface area contributed by atoms with Crippen LogP contribution in [0.15, 0.2) is 28.8 Å². The van der Waals surface area contributed by atoms with E-state index < -0.39 is 17.3 Å². The van der Waals surface area contributed by atoms with E-state index in [0.29, 0.717) is 24.2 Å². The normalized spacial score (nSPS) is 20.1. The first-order valence-electron chi connectivity index (χ1n) is 11.9. The number of alkyl halides is 3. The predicted molar refractivity (Wildman–Crippen MR) is 136 cm³/mol. The monoisotopic (exact) mass is 508 g/mol. The van der Waals surface area contributed by atoms with Gasteiger partial charge in [-0.2, -0.15) is 13.2 Å². The van der Waals surface area contributed by atoms with Crippen LogP contribution in [0.4, 0.5) is 30.6 Å². The average Bonchev–Trinajstić information content (AvgIpc) is 3.32. The van der Waals surface area contributed by atoms with Crippen molar-refractivity contribution in [3.8, 4) is 0 Å². The molecule has 190 valence electrons. The number of aliphatic imine (C=N–C) groups is 1. The fourth-order valence-corrected chi connectivity index (χ4v) is 4.72. The van der Waals surface area contributed by atoms with Crippen molar-refractivity contribution in [2.24, 2.45) is 10.7 Å². The maximum absolute atomic E-state index is 13.4. The van der Waals surface area contributed by atoms with Gasteiger partial charge in [-0.25, -0.2) is 4.98 Å². The van der Waals surface area contributed by atoms with Crippen molar-refractivity contribution in [1.82, 2.24) is 9.55 Å². The van der Waals surface area contributed by atoms with Gasteiger partial charge in [-0.3, -0.25) is 9.56 Å². The summed E-state index contributed by atoms with van der Waals surface area (Å²) in [5, 5.41) is 6.53. The lowest BCUT2D eigenvalue weighted by Gasteiger charge is -2.24. The van der Waals surface area contributed by atoms with E-state index in [4.69, 9.17) is 27.3 Å². The highest BCUT2D eigenvalue weighted by atomic mass is 35.5. The summed E-state index contributed by atoms with van der Waals surface area (Å²) in [5.41, 5.74) is 6.96. The van der Waals surface area contributed by atoms with E-state index in [1.165, 1.54) is 18.9 Å². The Morgan fingerprint density at radius 3 is 2.57 bits per heavy atom. The third kappa shape index (κ3) is 6.58. The first kappa shape index (κ1) is 25.6. The fraction of sp³-hybridized carbons (Fsp3) is 0.520. The van der Waals surface area contributed by atoms with Crippen LogP contribution < -0.4 is 16.4 Å². The van der Waals surface area contributed by atoms with E-state index in [1.807, 2.05) is 31.4 Å². The van der Waals surface area contributed by atoms with E-state index in [-0.39, 0.29) is 10.7 Å². The Bertz CT molecular complexity index is 1140. The van der Waals surface area contributed by atoms with Gasteiger partial charge < -0.3 is 16.4 Å². The lowest BCUT2D eigenvalue weighted by molar-refractivity contribution is -0.137. The van der Waals surface area contributed by atoms with Crippen LogP contribution in [-0.4, -0.2) is 27.0 Å². The molecule has 0 atom stereocenters. The molecule has 1 aliphatic heterocycles. The molecule has 1 aliphatic carbocycles. The highest BCUT2D eigenvalue weighted by molar-refractivity contribution is 6.31. The highest BCUT2D eigenvalue weighted by Crippen LogP contribution is 2.36. The molecule has 0 amide bonds. The van der Waals surface area contributed by atoms with Crippen molar-refractivity contribution in [2.75, 3.05) is 10.6 Å². The number of aromatic nitrogens is 2. The smallest absolute Gasteiger partial charge is 0.328 e. The number of nitrogens with two attached hydrogens (primary N) is 1. The minimum absolute atomic E-state index is 0.0159. The molecule has 35 heavy (non-hydrogen) atoms. The molecule has 1 aromatic heterocycles. The SMILES string of the molecule is C/C1=C\c2nc(Nc3cc(Cl)cc(C(F)(F)F)c3)n(CC(C)(C)N)c2NC(=NC2CCCC2)CC1. The van der Waals surface area contributed by atoms with Crippen LogP contribution in [0.5, 0.6) is 0 Å². The summed E-state index contributed by atoms with van der Waals surface area (Å²) in [5.74, 6) is 2.00. The van der Waals surface area contributed by atoms with Crippen molar-refractivity contribution in [1.29, 1.82) is 0 Å². The van der Waals surface area contributed by atoms with Crippen LogP contribution in [0.25, 0.3) is 6.08 Å². The summed E-state index contributed by atoms with van der Waals surface area (Å²) in [7, 11) is 0. The van der Waals surface area contributed by atoms with Crippen LogP contribution in [0.2, 0.25) is 5.02 Å². The van der Waals surface area contributed by atoms with Crippen molar-refractivity contribution < 1.29 is 13.2 Å². The lowest BCUT2D eigenvalue weighted by atomic mass is 10.1. The summed E-state index contributed by atoms with van der Waals surface area (Å²) in [4.78, 5) is 9.74. The fourth-order valence-electron chi connectivity index (χ4n) is 4.49. The Morgan fingerprint density at radius 1 is 1.20 bits per heavy atom. The third-order valence-electron chi connectivity index (χ3n) is 6.11. The molecular formula is C25H32ClF3N6. The van der Waals surface area contributed by atoms with Gasteiger partial charge in [-0.05, 0) is 64.3 Å². The van der Waals surface area contributed by atoms with Gasteiger partial charge in [0, 0.05) is 29.2 Å². The van der Waals surface area contributed by atoms with E-state index in [0.717, 1.165) is 55.0 Å². The minimum Gasteiger partial charge on any atom is -0.328 e. The van der Waals surface area contributed by atoms with Gasteiger partial charge in [0.05, 0.1) is 11.6 Å². The van der Waals surface area contributed by atoms with Crippen LogP contribution >= 0.6 is 11.6 Å². The van der Waals surface area contributed by atoms with Crippen LogP contribution in [-0.2, 0) is 12.7 Å². The van der Waals surface area contributed by atoms with Crippen molar-refractivity contribution in [3.63, 3.8) is 0 Å². The first-order chi connectivity index (χ1) is 16.4. The molecule has 2 aliphatic rings. The molecule has 10 heteroatoms. The van der Waals surface area contributed by atoms with Gasteiger partial charge in [0.1, 0.15) is 17.3 Å². The largest absolute Gasteiger partial charge is 0.416 e. The van der Waals surface area contributed by atoms with Gasteiger partial charge in [-0.15, -0.1) is 0 Å². The van der Waals surface area contributed by atoms with E-state index in [1.54, 1.807) is 0 Å². The lowest BCUT2D eigenvalue weighted by Crippen LogP contribution is -2.38. The molecular weight excluding hydrogens is 477 g/mol. The predicted octanol–water partition coefficient (Wildman–Crippen LogP) is 6.99. The van der Waals surface area contributed by atoms with Crippen LogP contribution in [0.1, 0.15) is 70.6 Å². The summed E-state index contributed by atoms with van der Waals surface area (Å²) in [6.07, 6.45) is 3.67. The van der Waals surface area contributed by atoms with Gasteiger partial charge in [-0.1, -0.05) is 30.0 Å². The quantitative estimate of drug-likeness (QED) is 0.406. The summed E-state index contributed by atoms with van der Waals surface area (Å²) < 4.78 is 42.0. The molecule has 2 heterocycles. The molecule has 6 nitrogen and oxygen atoms in total. The molecule has 4 rings (SSSR count). The topological polar surface area (TPSA) is 80.3 Å². The first-order valence-corrected chi connectivity index (χ1v) is 12.3. The molecule has 4 N–H and O–H groups in total. The highest BCUT2D eigenvalue weighted by Gasteiger charge is 2.31. The molecule has 1 saturated carbocycles. The van der Waals surface area contributed by atoms with E-state index in [9.17, 15) is 13.2 Å². The van der Waals surface area contributed by atoms with Gasteiger partial charge in [0.15, 0.2) is 0 Å².